The lowest BCUT2D eigenvalue weighted by Crippen LogP contribution is -2.29. The van der Waals surface area contributed by atoms with Crippen molar-refractivity contribution < 1.29 is 9.59 Å². The number of anilines is 1. The molecule has 0 aromatic carbocycles. The minimum atomic E-state index is -0.419. The average molecular weight is 379 g/mol. The molecule has 0 saturated heterocycles. The van der Waals surface area contributed by atoms with Crippen LogP contribution in [-0.4, -0.2) is 11.8 Å². The van der Waals surface area contributed by atoms with E-state index in [-0.39, 0.29) is 11.3 Å². The predicted octanol–water partition coefficient (Wildman–Crippen LogP) is 5.30. The number of amides is 2. The molecule has 2 amide bonds. The van der Waals surface area contributed by atoms with Gasteiger partial charge < -0.3 is 11.1 Å². The highest BCUT2D eigenvalue weighted by atomic mass is 32.1. The molecule has 146 valence electrons. The lowest BCUT2D eigenvalue weighted by atomic mass is 9.69. The van der Waals surface area contributed by atoms with Crippen molar-refractivity contribution in [3.63, 3.8) is 0 Å². The number of carbonyl (C=O) groups excluding carboxylic acids is 2. The summed E-state index contributed by atoms with van der Waals surface area (Å²) in [7, 11) is 0. The van der Waals surface area contributed by atoms with Gasteiger partial charge in [-0.15, -0.1) is 11.3 Å². The fraction of sp³-hybridized carbons (Fsp3) is 0.714. The summed E-state index contributed by atoms with van der Waals surface area (Å²) in [5, 5.41) is 3.64. The number of hydrogen-bond acceptors (Lipinski definition) is 3. The topological polar surface area (TPSA) is 72.2 Å². The van der Waals surface area contributed by atoms with Gasteiger partial charge in [-0.05, 0) is 42.6 Å². The second-order valence-corrected chi connectivity index (χ2v) is 9.32. The Bertz CT molecular complexity index is 649. The first-order chi connectivity index (χ1) is 12.3. The van der Waals surface area contributed by atoms with Crippen molar-refractivity contribution in [2.45, 2.75) is 85.5 Å². The highest BCUT2D eigenvalue weighted by Crippen LogP contribution is 2.45. The smallest absolute Gasteiger partial charge is 0.251 e. The summed E-state index contributed by atoms with van der Waals surface area (Å²) in [4.78, 5) is 25.6. The van der Waals surface area contributed by atoms with Crippen LogP contribution >= 0.6 is 11.3 Å². The van der Waals surface area contributed by atoms with Crippen LogP contribution in [0.2, 0.25) is 0 Å². The van der Waals surface area contributed by atoms with Crippen LogP contribution in [0.1, 0.15) is 93.4 Å². The van der Waals surface area contributed by atoms with Crippen molar-refractivity contribution in [3.05, 3.63) is 16.0 Å². The number of fused-ring (bicyclic) bond motifs is 1. The molecule has 1 aliphatic rings. The van der Waals surface area contributed by atoms with Gasteiger partial charge in [0.1, 0.15) is 5.00 Å². The largest absolute Gasteiger partial charge is 0.365 e. The average Bonchev–Trinajstić information content (AvgIpc) is 2.95. The number of hydrogen-bond donors (Lipinski definition) is 2. The standard InChI is InChI=1S/C21H34N2O2S/c1-5-7-8-9-10-17(24)23-20-18(19(22)25)15-12-11-14(13-16(15)26-20)21(3,4)6-2/h14H,5-13H2,1-4H3,(H2,22,25)(H,23,24)/t14-/m0/s1. The monoisotopic (exact) mass is 378 g/mol. The fourth-order valence-corrected chi connectivity index (χ4v) is 5.14. The molecule has 0 aliphatic heterocycles. The van der Waals surface area contributed by atoms with Gasteiger partial charge in [0.25, 0.3) is 5.91 Å². The highest BCUT2D eigenvalue weighted by Gasteiger charge is 2.34. The quantitative estimate of drug-likeness (QED) is 0.573. The molecule has 0 saturated carbocycles. The van der Waals surface area contributed by atoms with Crippen molar-refractivity contribution in [2.24, 2.45) is 17.1 Å². The van der Waals surface area contributed by atoms with Crippen LogP contribution in [0.3, 0.4) is 0 Å². The van der Waals surface area contributed by atoms with E-state index in [0.29, 0.717) is 22.9 Å². The zero-order chi connectivity index (χ0) is 19.3. The van der Waals surface area contributed by atoms with Crippen molar-refractivity contribution in [1.29, 1.82) is 0 Å². The molecular weight excluding hydrogens is 344 g/mol. The number of thiophene rings is 1. The van der Waals surface area contributed by atoms with Gasteiger partial charge in [0.15, 0.2) is 0 Å². The number of nitrogens with two attached hydrogens (primary N) is 1. The Balaban J connectivity index is 2.14. The Morgan fingerprint density at radius 1 is 1.23 bits per heavy atom. The van der Waals surface area contributed by atoms with Gasteiger partial charge in [0.2, 0.25) is 5.91 Å². The third-order valence-electron chi connectivity index (χ3n) is 6.04. The number of unbranched alkanes of at least 4 members (excludes halogenated alkanes) is 3. The summed E-state index contributed by atoms with van der Waals surface area (Å²) in [5.74, 6) is 0.182. The molecule has 1 aromatic rings. The Morgan fingerprint density at radius 3 is 2.58 bits per heavy atom. The molecule has 0 radical (unpaired) electrons. The van der Waals surface area contributed by atoms with Crippen LogP contribution in [0.5, 0.6) is 0 Å². The van der Waals surface area contributed by atoms with Crippen LogP contribution < -0.4 is 11.1 Å². The molecule has 4 nitrogen and oxygen atoms in total. The molecule has 5 heteroatoms. The second kappa shape index (κ2) is 9.03. The van der Waals surface area contributed by atoms with E-state index in [4.69, 9.17) is 5.73 Å². The van der Waals surface area contributed by atoms with Crippen molar-refractivity contribution in [3.8, 4) is 0 Å². The molecule has 1 atom stereocenters. The van der Waals surface area contributed by atoms with Gasteiger partial charge in [-0.2, -0.15) is 0 Å². The zero-order valence-electron chi connectivity index (χ0n) is 16.7. The highest BCUT2D eigenvalue weighted by molar-refractivity contribution is 7.17. The molecule has 26 heavy (non-hydrogen) atoms. The first-order valence-corrected chi connectivity index (χ1v) is 10.9. The third-order valence-corrected chi connectivity index (χ3v) is 7.21. The number of carbonyl (C=O) groups is 2. The lowest BCUT2D eigenvalue weighted by molar-refractivity contribution is -0.116. The third kappa shape index (κ3) is 4.87. The lowest BCUT2D eigenvalue weighted by Gasteiger charge is -2.36. The van der Waals surface area contributed by atoms with Gasteiger partial charge in [0.05, 0.1) is 5.56 Å². The minimum Gasteiger partial charge on any atom is -0.365 e. The summed E-state index contributed by atoms with van der Waals surface area (Å²) in [6, 6.07) is 0. The molecule has 0 bridgehead atoms. The maximum atomic E-state index is 12.3. The molecule has 0 unspecified atom stereocenters. The Morgan fingerprint density at radius 2 is 1.96 bits per heavy atom. The van der Waals surface area contributed by atoms with Crippen LogP contribution in [0.25, 0.3) is 0 Å². The molecule has 3 N–H and O–H groups in total. The van der Waals surface area contributed by atoms with Gasteiger partial charge in [-0.25, -0.2) is 0 Å². The molecule has 0 spiro atoms. The number of primary amides is 1. The van der Waals surface area contributed by atoms with Gasteiger partial charge >= 0.3 is 0 Å². The second-order valence-electron chi connectivity index (χ2n) is 8.21. The summed E-state index contributed by atoms with van der Waals surface area (Å²) in [5.41, 5.74) is 7.58. The van der Waals surface area contributed by atoms with E-state index in [1.165, 1.54) is 4.88 Å². The maximum absolute atomic E-state index is 12.3. The Kier molecular flexibility index (Phi) is 7.27. The first kappa shape index (κ1) is 20.9. The Labute approximate surface area is 161 Å². The van der Waals surface area contributed by atoms with Crippen molar-refractivity contribution >= 4 is 28.2 Å². The first-order valence-electron chi connectivity index (χ1n) is 10.0. The zero-order valence-corrected chi connectivity index (χ0v) is 17.6. The number of rotatable bonds is 9. The normalized spacial score (nSPS) is 17.0. The van der Waals surface area contributed by atoms with E-state index < -0.39 is 5.91 Å². The molecular formula is C21H34N2O2S. The molecule has 1 aliphatic carbocycles. The predicted molar refractivity (Wildman–Crippen MR) is 110 cm³/mol. The SMILES string of the molecule is CCCCCCC(=O)Nc1sc2c(c1C(N)=O)CC[C@H](C(C)(C)CC)C2. The molecule has 2 rings (SSSR count). The molecule has 0 fully saturated rings. The van der Waals surface area contributed by atoms with Crippen LogP contribution in [0.4, 0.5) is 5.00 Å². The Hall–Kier alpha value is -1.36. The van der Waals surface area contributed by atoms with E-state index in [1.54, 1.807) is 11.3 Å². The van der Waals surface area contributed by atoms with E-state index >= 15 is 0 Å². The maximum Gasteiger partial charge on any atom is 0.251 e. The summed E-state index contributed by atoms with van der Waals surface area (Å²) in [6.07, 6.45) is 8.86. The van der Waals surface area contributed by atoms with Crippen LogP contribution in [0.15, 0.2) is 0 Å². The van der Waals surface area contributed by atoms with E-state index in [2.05, 4.69) is 33.0 Å². The van der Waals surface area contributed by atoms with E-state index in [0.717, 1.165) is 56.9 Å². The fourth-order valence-electron chi connectivity index (χ4n) is 3.79. The van der Waals surface area contributed by atoms with Crippen molar-refractivity contribution in [2.75, 3.05) is 5.32 Å². The van der Waals surface area contributed by atoms with Crippen LogP contribution in [-0.2, 0) is 17.6 Å². The summed E-state index contributed by atoms with van der Waals surface area (Å²) < 4.78 is 0. The minimum absolute atomic E-state index is 0.00682. The van der Waals surface area contributed by atoms with E-state index in [1.807, 2.05) is 0 Å². The molecule has 1 heterocycles. The van der Waals surface area contributed by atoms with Crippen LogP contribution in [0, 0.1) is 11.3 Å². The number of nitrogens with one attached hydrogen (secondary N) is 1. The van der Waals surface area contributed by atoms with Gasteiger partial charge in [-0.1, -0.05) is 53.4 Å². The van der Waals surface area contributed by atoms with E-state index in [9.17, 15) is 9.59 Å². The molecule has 1 aromatic heterocycles. The van der Waals surface area contributed by atoms with Gasteiger partial charge in [-0.3, -0.25) is 9.59 Å². The summed E-state index contributed by atoms with van der Waals surface area (Å²) >= 11 is 1.56. The summed E-state index contributed by atoms with van der Waals surface area (Å²) in [6.45, 7) is 9.04. The van der Waals surface area contributed by atoms with Crippen molar-refractivity contribution in [1.82, 2.24) is 0 Å². The van der Waals surface area contributed by atoms with Gasteiger partial charge in [0, 0.05) is 11.3 Å².